The molecule has 100 valence electrons. The van der Waals surface area contributed by atoms with Crippen molar-refractivity contribution in [2.45, 2.75) is 6.92 Å². The van der Waals surface area contributed by atoms with Gasteiger partial charge in [0, 0.05) is 11.9 Å². The Hall–Kier alpha value is -2.43. The molecule has 2 rings (SSSR count). The summed E-state index contributed by atoms with van der Waals surface area (Å²) in [7, 11) is 3.21. The van der Waals surface area contributed by atoms with Gasteiger partial charge in [-0.1, -0.05) is 0 Å². The van der Waals surface area contributed by atoms with Crippen LogP contribution in [0.5, 0.6) is 11.6 Å². The van der Waals surface area contributed by atoms with Crippen LogP contribution in [0.1, 0.15) is 5.56 Å². The van der Waals surface area contributed by atoms with Crippen LogP contribution in [0.15, 0.2) is 30.5 Å². The molecule has 0 unspecified atom stereocenters. The van der Waals surface area contributed by atoms with Crippen LogP contribution in [-0.2, 0) is 0 Å². The third-order valence-corrected chi connectivity index (χ3v) is 2.81. The minimum absolute atomic E-state index is 0.466. The quantitative estimate of drug-likeness (QED) is 0.883. The van der Waals surface area contributed by atoms with Gasteiger partial charge in [-0.15, -0.1) is 0 Å². The predicted octanol–water partition coefficient (Wildman–Crippen LogP) is 2.73. The predicted molar refractivity (Wildman–Crippen MR) is 76.2 cm³/mol. The van der Waals surface area contributed by atoms with Gasteiger partial charge >= 0.3 is 0 Å². The highest BCUT2D eigenvalue weighted by Gasteiger charge is 2.09. The number of anilines is 3. The van der Waals surface area contributed by atoms with Crippen molar-refractivity contribution in [3.63, 3.8) is 0 Å². The van der Waals surface area contributed by atoms with Gasteiger partial charge in [-0.25, -0.2) is 4.98 Å². The second kappa shape index (κ2) is 5.48. The van der Waals surface area contributed by atoms with E-state index in [0.29, 0.717) is 17.3 Å². The molecule has 2 aromatic rings. The van der Waals surface area contributed by atoms with Crippen LogP contribution in [0.4, 0.5) is 17.1 Å². The minimum Gasteiger partial charge on any atom is -0.496 e. The van der Waals surface area contributed by atoms with Gasteiger partial charge in [0.1, 0.15) is 11.4 Å². The highest BCUT2D eigenvalue weighted by molar-refractivity contribution is 5.77. The van der Waals surface area contributed by atoms with E-state index < -0.39 is 0 Å². The Morgan fingerprint density at radius 3 is 2.58 bits per heavy atom. The molecule has 5 nitrogen and oxygen atoms in total. The van der Waals surface area contributed by atoms with Crippen molar-refractivity contribution in [2.75, 3.05) is 25.3 Å². The normalized spacial score (nSPS) is 10.1. The number of nitrogen functional groups attached to an aromatic ring is 1. The highest BCUT2D eigenvalue weighted by Crippen LogP contribution is 2.32. The fraction of sp³-hybridized carbons (Fsp3) is 0.214. The monoisotopic (exact) mass is 259 g/mol. The van der Waals surface area contributed by atoms with Crippen LogP contribution in [0, 0.1) is 6.92 Å². The Morgan fingerprint density at radius 2 is 1.95 bits per heavy atom. The van der Waals surface area contributed by atoms with Gasteiger partial charge < -0.3 is 20.5 Å². The van der Waals surface area contributed by atoms with Gasteiger partial charge in [0.15, 0.2) is 0 Å². The summed E-state index contributed by atoms with van der Waals surface area (Å²) in [4.78, 5) is 4.12. The number of rotatable bonds is 4. The Morgan fingerprint density at radius 1 is 1.16 bits per heavy atom. The van der Waals surface area contributed by atoms with Crippen molar-refractivity contribution in [1.29, 1.82) is 0 Å². The summed E-state index contributed by atoms with van der Waals surface area (Å²) < 4.78 is 10.4. The van der Waals surface area contributed by atoms with Gasteiger partial charge in [-0.3, -0.25) is 0 Å². The second-order valence-electron chi connectivity index (χ2n) is 4.09. The molecular formula is C14H17N3O2. The van der Waals surface area contributed by atoms with Crippen LogP contribution in [-0.4, -0.2) is 19.2 Å². The van der Waals surface area contributed by atoms with Crippen LogP contribution in [0.25, 0.3) is 0 Å². The average molecular weight is 259 g/mol. The van der Waals surface area contributed by atoms with E-state index in [1.165, 1.54) is 0 Å². The number of nitrogens with zero attached hydrogens (tertiary/aromatic N) is 1. The minimum atomic E-state index is 0.466. The lowest BCUT2D eigenvalue weighted by molar-refractivity contribution is 0.400. The lowest BCUT2D eigenvalue weighted by Gasteiger charge is -2.13. The third-order valence-electron chi connectivity index (χ3n) is 2.81. The average Bonchev–Trinajstić information content (AvgIpc) is 2.41. The highest BCUT2D eigenvalue weighted by atomic mass is 16.5. The number of aryl methyl sites for hydroxylation is 1. The van der Waals surface area contributed by atoms with Gasteiger partial charge in [0.25, 0.3) is 0 Å². The van der Waals surface area contributed by atoms with Gasteiger partial charge in [0.05, 0.1) is 19.9 Å². The largest absolute Gasteiger partial charge is 0.496 e. The maximum atomic E-state index is 5.93. The standard InChI is InChI=1S/C14H17N3O2/c1-9-8-10(4-5-12(9)18-2)17-13-11(15)6-7-16-14(13)19-3/h4-8,17H,1-3H3,(H2,15,16). The van der Waals surface area contributed by atoms with Crippen molar-refractivity contribution in [1.82, 2.24) is 4.98 Å². The number of ether oxygens (including phenoxy) is 2. The fourth-order valence-electron chi connectivity index (χ4n) is 1.84. The summed E-state index contributed by atoms with van der Waals surface area (Å²) in [5.41, 5.74) is 9.11. The molecule has 1 aromatic carbocycles. The molecule has 0 saturated heterocycles. The molecule has 0 bridgehead atoms. The molecule has 0 saturated carbocycles. The molecule has 1 heterocycles. The van der Waals surface area contributed by atoms with Crippen molar-refractivity contribution in [2.24, 2.45) is 0 Å². The van der Waals surface area contributed by atoms with Crippen LogP contribution in [0.2, 0.25) is 0 Å². The molecule has 0 fully saturated rings. The molecule has 19 heavy (non-hydrogen) atoms. The molecule has 0 amide bonds. The number of hydrogen-bond acceptors (Lipinski definition) is 5. The number of benzene rings is 1. The summed E-state index contributed by atoms with van der Waals surface area (Å²) in [6, 6.07) is 7.51. The van der Waals surface area contributed by atoms with Gasteiger partial charge in [0.2, 0.25) is 5.88 Å². The van der Waals surface area contributed by atoms with E-state index in [4.69, 9.17) is 15.2 Å². The number of methoxy groups -OCH3 is 2. The zero-order valence-corrected chi connectivity index (χ0v) is 11.2. The van der Waals surface area contributed by atoms with E-state index in [1.807, 2.05) is 25.1 Å². The maximum Gasteiger partial charge on any atom is 0.239 e. The first-order chi connectivity index (χ1) is 9.15. The summed E-state index contributed by atoms with van der Waals surface area (Å²) in [6.45, 7) is 1.98. The van der Waals surface area contributed by atoms with Crippen molar-refractivity contribution < 1.29 is 9.47 Å². The number of hydrogen-bond donors (Lipinski definition) is 2. The lowest BCUT2D eigenvalue weighted by atomic mass is 10.2. The Bertz CT molecular complexity index is 585. The van der Waals surface area contributed by atoms with E-state index in [2.05, 4.69) is 10.3 Å². The Kier molecular flexibility index (Phi) is 3.75. The number of pyridine rings is 1. The van der Waals surface area contributed by atoms with E-state index in [0.717, 1.165) is 17.0 Å². The van der Waals surface area contributed by atoms with E-state index in [-0.39, 0.29) is 0 Å². The number of nitrogens with one attached hydrogen (secondary N) is 1. The Labute approximate surface area is 112 Å². The van der Waals surface area contributed by atoms with Crippen molar-refractivity contribution >= 4 is 17.1 Å². The van der Waals surface area contributed by atoms with E-state index in [9.17, 15) is 0 Å². The second-order valence-corrected chi connectivity index (χ2v) is 4.09. The van der Waals surface area contributed by atoms with Crippen LogP contribution < -0.4 is 20.5 Å². The fourth-order valence-corrected chi connectivity index (χ4v) is 1.84. The molecule has 5 heteroatoms. The molecular weight excluding hydrogens is 242 g/mol. The molecule has 0 aliphatic heterocycles. The third kappa shape index (κ3) is 2.70. The number of aromatic nitrogens is 1. The zero-order chi connectivity index (χ0) is 13.8. The molecule has 0 spiro atoms. The first-order valence-electron chi connectivity index (χ1n) is 5.86. The summed E-state index contributed by atoms with van der Waals surface area (Å²) in [6.07, 6.45) is 1.61. The Balaban J connectivity index is 2.33. The summed E-state index contributed by atoms with van der Waals surface area (Å²) >= 11 is 0. The first-order valence-corrected chi connectivity index (χ1v) is 5.86. The van der Waals surface area contributed by atoms with Crippen LogP contribution >= 0.6 is 0 Å². The molecule has 0 aliphatic rings. The topological polar surface area (TPSA) is 69.4 Å². The first kappa shape index (κ1) is 13.0. The molecule has 1 aromatic heterocycles. The molecule has 3 N–H and O–H groups in total. The van der Waals surface area contributed by atoms with Gasteiger partial charge in [-0.2, -0.15) is 0 Å². The van der Waals surface area contributed by atoms with Crippen LogP contribution in [0.3, 0.4) is 0 Å². The molecule has 0 atom stereocenters. The lowest BCUT2D eigenvalue weighted by Crippen LogP contribution is -2.01. The van der Waals surface area contributed by atoms with Crippen molar-refractivity contribution in [3.8, 4) is 11.6 Å². The SMILES string of the molecule is COc1ccc(Nc2c(N)ccnc2OC)cc1C. The van der Waals surface area contributed by atoms with E-state index >= 15 is 0 Å². The summed E-state index contributed by atoms with van der Waals surface area (Å²) in [5, 5.41) is 3.22. The van der Waals surface area contributed by atoms with Crippen molar-refractivity contribution in [3.05, 3.63) is 36.0 Å². The smallest absolute Gasteiger partial charge is 0.239 e. The zero-order valence-electron chi connectivity index (χ0n) is 11.2. The summed E-state index contributed by atoms with van der Waals surface area (Å²) in [5.74, 6) is 1.31. The van der Waals surface area contributed by atoms with Gasteiger partial charge in [-0.05, 0) is 36.8 Å². The maximum absolute atomic E-state index is 5.93. The molecule has 0 aliphatic carbocycles. The number of nitrogens with two attached hydrogens (primary N) is 1. The molecule has 0 radical (unpaired) electrons. The van der Waals surface area contributed by atoms with E-state index in [1.54, 1.807) is 26.5 Å².